The molecule has 26 heavy (non-hydrogen) atoms. The minimum absolute atomic E-state index is 0.00972. The Hall–Kier alpha value is -2.06. The van der Waals surface area contributed by atoms with E-state index < -0.39 is 18.3 Å². The van der Waals surface area contributed by atoms with E-state index in [2.05, 4.69) is 15.0 Å². The van der Waals surface area contributed by atoms with E-state index >= 15 is 0 Å². The van der Waals surface area contributed by atoms with Gasteiger partial charge in [-0.1, -0.05) is 0 Å². The zero-order chi connectivity index (χ0) is 18.1. The van der Waals surface area contributed by atoms with Crippen molar-refractivity contribution in [3.63, 3.8) is 0 Å². The zero-order valence-corrected chi connectivity index (χ0v) is 15.7. The summed E-state index contributed by atoms with van der Waals surface area (Å²) < 4.78 is 26.7. The van der Waals surface area contributed by atoms with Crippen LogP contribution < -0.4 is 0 Å². The van der Waals surface area contributed by atoms with Crippen molar-refractivity contribution in [2.24, 2.45) is 0 Å². The first-order valence-electron chi connectivity index (χ1n) is 7.67. The first kappa shape index (κ1) is 17.4. The second-order valence-corrected chi connectivity index (χ2v) is 8.26. The number of carbonyl (C=O) groups excluding carboxylic acids is 1. The third kappa shape index (κ3) is 3.43. The van der Waals surface area contributed by atoms with Gasteiger partial charge in [0.1, 0.15) is 0 Å². The molecule has 0 aliphatic carbocycles. The molecule has 0 radical (unpaired) electrons. The fourth-order valence-electron chi connectivity index (χ4n) is 2.57. The number of nitrogens with zero attached hydrogens (tertiary/aromatic N) is 4. The summed E-state index contributed by atoms with van der Waals surface area (Å²) in [6, 6.07) is 8.72. The molecule has 0 saturated carbocycles. The van der Waals surface area contributed by atoms with Crippen molar-refractivity contribution in [1.29, 1.82) is 0 Å². The van der Waals surface area contributed by atoms with Gasteiger partial charge in [0, 0.05) is 0 Å². The van der Waals surface area contributed by atoms with Crippen LogP contribution in [-0.2, 0) is 9.47 Å². The molecule has 3 heterocycles. The molecule has 10 heteroatoms. The van der Waals surface area contributed by atoms with Gasteiger partial charge in [0.05, 0.1) is 0 Å². The molecule has 3 aromatic rings. The van der Waals surface area contributed by atoms with Crippen LogP contribution in [-0.4, -0.2) is 52.1 Å². The summed E-state index contributed by atoms with van der Waals surface area (Å²) in [5.41, 5.74) is 1.07. The number of fused-ring (bicyclic) bond motifs is 1. The van der Waals surface area contributed by atoms with Gasteiger partial charge >= 0.3 is 158 Å². The number of ether oxygens (including phenoxy) is 2. The van der Waals surface area contributed by atoms with Crippen molar-refractivity contribution < 1.29 is 18.7 Å². The van der Waals surface area contributed by atoms with Gasteiger partial charge in [0.25, 0.3) is 0 Å². The average Bonchev–Trinajstić information content (AvgIpc) is 3.23. The number of rotatable bonds is 4. The molecule has 134 valence electrons. The van der Waals surface area contributed by atoms with Crippen LogP contribution in [0, 0.1) is 6.08 Å². The predicted molar refractivity (Wildman–Crippen MR) is 91.5 cm³/mol. The van der Waals surface area contributed by atoms with Crippen molar-refractivity contribution in [3.05, 3.63) is 53.5 Å². The Labute approximate surface area is 158 Å². The van der Waals surface area contributed by atoms with E-state index in [-0.39, 0.29) is 37.5 Å². The van der Waals surface area contributed by atoms with Crippen LogP contribution in [0.5, 0.6) is 0 Å². The maximum absolute atomic E-state index is 14.2. The van der Waals surface area contributed by atoms with E-state index in [0.717, 1.165) is 0 Å². The average molecular weight is 442 g/mol. The van der Waals surface area contributed by atoms with Crippen molar-refractivity contribution in [2.45, 2.75) is 16.5 Å². The molecule has 0 amide bonds. The normalized spacial score (nSPS) is 19.8. The predicted octanol–water partition coefficient (Wildman–Crippen LogP) is 2.45. The van der Waals surface area contributed by atoms with Gasteiger partial charge in [-0.25, -0.2) is 0 Å². The summed E-state index contributed by atoms with van der Waals surface area (Å²) in [4.78, 5) is 23.6. The second-order valence-electron chi connectivity index (χ2n) is 5.42. The van der Waals surface area contributed by atoms with Gasteiger partial charge in [-0.05, 0) is 0 Å². The standard InChI is InChI=1S/C16H12ClFN4O3Se/c17-15-19-6-10-13(21-15)22(16(18)20-10)11-8-26-12(25-11)7-24-14(23)9-4-2-1-3-5-9/h1-6,11-12H,7-8H2/t11-,12+/m1/s1. The number of hydrogen-bond acceptors (Lipinski definition) is 6. The number of esters is 1. The number of carbonyl (C=O) groups is 1. The molecule has 1 aromatic carbocycles. The van der Waals surface area contributed by atoms with Crippen LogP contribution in [0.4, 0.5) is 4.39 Å². The number of imidazole rings is 1. The van der Waals surface area contributed by atoms with Crippen LogP contribution in [0.25, 0.3) is 11.2 Å². The van der Waals surface area contributed by atoms with Gasteiger partial charge in [0.2, 0.25) is 0 Å². The van der Waals surface area contributed by atoms with Gasteiger partial charge in [-0.3, -0.25) is 0 Å². The van der Waals surface area contributed by atoms with Crippen molar-refractivity contribution >= 4 is 43.7 Å². The fraction of sp³-hybridized carbons (Fsp3) is 0.250. The molecule has 1 aliphatic rings. The van der Waals surface area contributed by atoms with Crippen molar-refractivity contribution in [2.75, 3.05) is 6.61 Å². The Morgan fingerprint density at radius 3 is 3.00 bits per heavy atom. The summed E-state index contributed by atoms with van der Waals surface area (Å²) in [6.45, 7) is 0.119. The van der Waals surface area contributed by atoms with E-state index in [4.69, 9.17) is 21.1 Å². The molecule has 0 bridgehead atoms. The monoisotopic (exact) mass is 442 g/mol. The summed E-state index contributed by atoms with van der Waals surface area (Å²) in [5, 5.41) is 0.342. The molecule has 1 fully saturated rings. The molecule has 0 spiro atoms. The number of halogens is 2. The Balaban J connectivity index is 1.44. The van der Waals surface area contributed by atoms with Gasteiger partial charge in [0.15, 0.2) is 0 Å². The van der Waals surface area contributed by atoms with Crippen LogP contribution in [0.15, 0.2) is 36.5 Å². The van der Waals surface area contributed by atoms with Gasteiger partial charge in [-0.15, -0.1) is 0 Å². The molecular formula is C16H12ClFN4O3Se. The molecule has 2 aromatic heterocycles. The third-order valence-corrected chi connectivity index (χ3v) is 6.22. The van der Waals surface area contributed by atoms with E-state index in [1.807, 2.05) is 6.07 Å². The Morgan fingerprint density at radius 2 is 2.19 bits per heavy atom. The Kier molecular flexibility index (Phi) is 4.86. The SMILES string of the molecule is O=C(OC[C@H]1O[C@@H](n2c(F)nc3cnc(Cl)nc32)C[Se]1)c1ccccc1. The van der Waals surface area contributed by atoms with E-state index in [1.54, 1.807) is 24.3 Å². The van der Waals surface area contributed by atoms with E-state index in [1.165, 1.54) is 10.8 Å². The van der Waals surface area contributed by atoms with Crippen LogP contribution >= 0.6 is 11.6 Å². The number of hydrogen-bond donors (Lipinski definition) is 0. The number of benzene rings is 1. The van der Waals surface area contributed by atoms with Crippen LogP contribution in [0.3, 0.4) is 0 Å². The Morgan fingerprint density at radius 1 is 1.38 bits per heavy atom. The molecule has 0 N–H and O–H groups in total. The van der Waals surface area contributed by atoms with Crippen molar-refractivity contribution in [1.82, 2.24) is 19.5 Å². The fourth-order valence-corrected chi connectivity index (χ4v) is 4.75. The maximum atomic E-state index is 14.2. The van der Waals surface area contributed by atoms with E-state index in [9.17, 15) is 9.18 Å². The summed E-state index contributed by atoms with van der Waals surface area (Å²) in [7, 11) is 0. The van der Waals surface area contributed by atoms with Gasteiger partial charge in [-0.2, -0.15) is 0 Å². The quantitative estimate of drug-likeness (QED) is 0.268. The first-order valence-corrected chi connectivity index (χ1v) is 10.2. The summed E-state index contributed by atoms with van der Waals surface area (Å²) >= 11 is 5.81. The molecule has 7 nitrogen and oxygen atoms in total. The number of aromatic nitrogens is 4. The van der Waals surface area contributed by atoms with Gasteiger partial charge < -0.3 is 0 Å². The molecule has 4 rings (SSSR count). The molecular weight excluding hydrogens is 430 g/mol. The minimum atomic E-state index is -0.709. The molecule has 1 saturated heterocycles. The van der Waals surface area contributed by atoms with Crippen molar-refractivity contribution in [3.8, 4) is 0 Å². The Bertz CT molecular complexity index is 955. The summed E-state index contributed by atoms with van der Waals surface area (Å²) in [5.74, 6) is -0.410. The zero-order valence-electron chi connectivity index (χ0n) is 13.2. The summed E-state index contributed by atoms with van der Waals surface area (Å²) in [6.07, 6.45) is 0.0920. The molecule has 1 aliphatic heterocycles. The van der Waals surface area contributed by atoms with E-state index in [0.29, 0.717) is 16.4 Å². The molecule has 2 atom stereocenters. The van der Waals surface area contributed by atoms with Crippen LogP contribution in [0.1, 0.15) is 16.6 Å². The first-order chi connectivity index (χ1) is 12.6. The van der Waals surface area contributed by atoms with Crippen LogP contribution in [0.2, 0.25) is 10.6 Å². The molecule has 0 unspecified atom stereocenters. The topological polar surface area (TPSA) is 79.1 Å². The third-order valence-electron chi connectivity index (χ3n) is 3.74. The second kappa shape index (κ2) is 7.28.